The Labute approximate surface area is 118 Å². The molecule has 0 aromatic heterocycles. The van der Waals surface area contributed by atoms with E-state index in [-0.39, 0.29) is 0 Å². The molecular formula is C16H30N2O. The van der Waals surface area contributed by atoms with Crippen LogP contribution in [-0.2, 0) is 4.74 Å². The molecular weight excluding hydrogens is 236 g/mol. The number of ether oxygens (including phenoxy) is 1. The molecule has 19 heavy (non-hydrogen) atoms. The summed E-state index contributed by atoms with van der Waals surface area (Å²) in [6, 6.07) is 0.726. The second-order valence-electron chi connectivity index (χ2n) is 6.97. The molecule has 0 amide bonds. The minimum atomic E-state index is 0.539. The molecule has 2 atom stereocenters. The van der Waals surface area contributed by atoms with Gasteiger partial charge in [0.25, 0.3) is 0 Å². The Hall–Kier alpha value is -0.120. The first-order valence-corrected chi connectivity index (χ1v) is 8.33. The van der Waals surface area contributed by atoms with E-state index in [9.17, 15) is 0 Å². The number of hydrogen-bond donors (Lipinski definition) is 1. The fourth-order valence-corrected chi connectivity index (χ4v) is 4.70. The van der Waals surface area contributed by atoms with Crippen LogP contribution in [0.5, 0.6) is 0 Å². The predicted octanol–water partition coefficient (Wildman–Crippen LogP) is 2.41. The molecule has 0 aromatic rings. The Morgan fingerprint density at radius 1 is 1.16 bits per heavy atom. The Morgan fingerprint density at radius 3 is 2.79 bits per heavy atom. The second kappa shape index (κ2) is 6.11. The zero-order valence-corrected chi connectivity index (χ0v) is 12.5. The fraction of sp³-hybridized carbons (Fsp3) is 1.00. The van der Waals surface area contributed by atoms with Crippen molar-refractivity contribution in [2.24, 2.45) is 5.41 Å². The molecule has 3 rings (SSSR count). The van der Waals surface area contributed by atoms with Crippen molar-refractivity contribution in [2.45, 2.75) is 63.5 Å². The van der Waals surface area contributed by atoms with Gasteiger partial charge in [-0.05, 0) is 44.6 Å². The quantitative estimate of drug-likeness (QED) is 0.846. The van der Waals surface area contributed by atoms with E-state index in [1.54, 1.807) is 0 Å². The fourth-order valence-electron chi connectivity index (χ4n) is 4.70. The standard InChI is InChI=1S/C16H30N2O/c1-17-12-16(8-3-2-4-9-16)13-18-10-11-19-15-7-5-6-14(15)18/h14-15,17H,2-13H2,1H3. The number of hydrogen-bond acceptors (Lipinski definition) is 3. The van der Waals surface area contributed by atoms with Crippen LogP contribution >= 0.6 is 0 Å². The van der Waals surface area contributed by atoms with Gasteiger partial charge in [-0.15, -0.1) is 0 Å². The van der Waals surface area contributed by atoms with E-state index < -0.39 is 0 Å². The van der Waals surface area contributed by atoms with E-state index in [0.29, 0.717) is 11.5 Å². The molecule has 0 radical (unpaired) electrons. The molecule has 3 nitrogen and oxygen atoms in total. The molecule has 1 saturated heterocycles. The summed E-state index contributed by atoms with van der Waals surface area (Å²) in [6.07, 6.45) is 11.7. The Balaban J connectivity index is 1.66. The highest BCUT2D eigenvalue weighted by atomic mass is 16.5. The number of rotatable bonds is 4. The lowest BCUT2D eigenvalue weighted by Gasteiger charge is -2.46. The molecule has 0 spiro atoms. The number of morpholine rings is 1. The summed E-state index contributed by atoms with van der Waals surface area (Å²) in [5.74, 6) is 0. The smallest absolute Gasteiger partial charge is 0.0730 e. The van der Waals surface area contributed by atoms with Crippen LogP contribution in [0.1, 0.15) is 51.4 Å². The molecule has 2 aliphatic carbocycles. The van der Waals surface area contributed by atoms with Gasteiger partial charge >= 0.3 is 0 Å². The molecule has 2 saturated carbocycles. The molecule has 3 fully saturated rings. The molecule has 1 heterocycles. The third kappa shape index (κ3) is 2.98. The molecule has 2 unspecified atom stereocenters. The van der Waals surface area contributed by atoms with Crippen LogP contribution in [-0.4, -0.2) is 50.3 Å². The summed E-state index contributed by atoms with van der Waals surface area (Å²) < 4.78 is 5.96. The molecule has 3 heteroatoms. The molecule has 0 aromatic carbocycles. The van der Waals surface area contributed by atoms with Gasteiger partial charge in [-0.2, -0.15) is 0 Å². The lowest BCUT2D eigenvalue weighted by molar-refractivity contribution is -0.0720. The summed E-state index contributed by atoms with van der Waals surface area (Å²) in [5.41, 5.74) is 0.539. The van der Waals surface area contributed by atoms with Crippen molar-refractivity contribution in [3.05, 3.63) is 0 Å². The maximum Gasteiger partial charge on any atom is 0.0730 e. The second-order valence-corrected chi connectivity index (χ2v) is 6.97. The zero-order valence-electron chi connectivity index (χ0n) is 12.5. The van der Waals surface area contributed by atoms with E-state index in [0.717, 1.165) is 19.2 Å². The van der Waals surface area contributed by atoms with Crippen molar-refractivity contribution >= 4 is 0 Å². The van der Waals surface area contributed by atoms with Crippen LogP contribution in [0.15, 0.2) is 0 Å². The zero-order chi connectivity index (χ0) is 13.1. The largest absolute Gasteiger partial charge is 0.375 e. The Morgan fingerprint density at radius 2 is 2.00 bits per heavy atom. The van der Waals surface area contributed by atoms with Crippen molar-refractivity contribution in [1.29, 1.82) is 0 Å². The predicted molar refractivity (Wildman–Crippen MR) is 78.4 cm³/mol. The van der Waals surface area contributed by atoms with Crippen LogP contribution in [0.2, 0.25) is 0 Å². The van der Waals surface area contributed by atoms with Gasteiger partial charge in [-0.1, -0.05) is 19.3 Å². The average molecular weight is 266 g/mol. The highest BCUT2D eigenvalue weighted by Gasteiger charge is 2.40. The first kappa shape index (κ1) is 13.8. The minimum Gasteiger partial charge on any atom is -0.375 e. The Bertz CT molecular complexity index is 283. The normalized spacial score (nSPS) is 35.2. The highest BCUT2D eigenvalue weighted by Crippen LogP contribution is 2.39. The van der Waals surface area contributed by atoms with E-state index in [1.807, 2.05) is 0 Å². The molecule has 3 aliphatic rings. The highest BCUT2D eigenvalue weighted by molar-refractivity contribution is 4.94. The average Bonchev–Trinajstić information content (AvgIpc) is 2.89. The van der Waals surface area contributed by atoms with Gasteiger partial charge in [-0.25, -0.2) is 0 Å². The number of nitrogens with one attached hydrogen (secondary N) is 1. The minimum absolute atomic E-state index is 0.539. The van der Waals surface area contributed by atoms with E-state index in [2.05, 4.69) is 17.3 Å². The first-order valence-electron chi connectivity index (χ1n) is 8.33. The lowest BCUT2D eigenvalue weighted by Crippen LogP contribution is -2.54. The maximum atomic E-state index is 5.96. The first-order chi connectivity index (χ1) is 9.33. The van der Waals surface area contributed by atoms with Crippen molar-refractivity contribution in [3.8, 4) is 0 Å². The summed E-state index contributed by atoms with van der Waals surface area (Å²) in [7, 11) is 2.12. The van der Waals surface area contributed by atoms with Gasteiger partial charge in [-0.3, -0.25) is 4.90 Å². The topological polar surface area (TPSA) is 24.5 Å². The number of fused-ring (bicyclic) bond motifs is 1. The van der Waals surface area contributed by atoms with Crippen molar-refractivity contribution in [2.75, 3.05) is 33.3 Å². The van der Waals surface area contributed by atoms with Gasteiger partial charge in [0.05, 0.1) is 12.7 Å². The van der Waals surface area contributed by atoms with Crippen LogP contribution in [0.4, 0.5) is 0 Å². The van der Waals surface area contributed by atoms with Crippen LogP contribution in [0, 0.1) is 5.41 Å². The summed E-state index contributed by atoms with van der Waals surface area (Å²) in [5, 5.41) is 3.47. The van der Waals surface area contributed by atoms with Crippen LogP contribution in [0.3, 0.4) is 0 Å². The van der Waals surface area contributed by atoms with Gasteiger partial charge in [0.1, 0.15) is 0 Å². The van der Waals surface area contributed by atoms with E-state index in [1.165, 1.54) is 64.5 Å². The molecule has 1 aliphatic heterocycles. The summed E-state index contributed by atoms with van der Waals surface area (Å²) in [6.45, 7) is 4.61. The molecule has 1 N–H and O–H groups in total. The van der Waals surface area contributed by atoms with Crippen molar-refractivity contribution < 1.29 is 4.74 Å². The lowest BCUT2D eigenvalue weighted by atomic mass is 9.73. The molecule has 0 bridgehead atoms. The number of nitrogens with zero attached hydrogens (tertiary/aromatic N) is 1. The molecule has 110 valence electrons. The van der Waals surface area contributed by atoms with Gasteiger partial charge in [0, 0.05) is 25.7 Å². The SMILES string of the molecule is CNCC1(CN2CCOC3CCCC32)CCCCC1. The summed E-state index contributed by atoms with van der Waals surface area (Å²) >= 11 is 0. The van der Waals surface area contributed by atoms with Gasteiger partial charge in [0.2, 0.25) is 0 Å². The van der Waals surface area contributed by atoms with Crippen LogP contribution < -0.4 is 5.32 Å². The van der Waals surface area contributed by atoms with Crippen molar-refractivity contribution in [3.63, 3.8) is 0 Å². The maximum absolute atomic E-state index is 5.96. The Kier molecular flexibility index (Phi) is 4.45. The van der Waals surface area contributed by atoms with Gasteiger partial charge in [0.15, 0.2) is 0 Å². The van der Waals surface area contributed by atoms with E-state index >= 15 is 0 Å². The third-order valence-electron chi connectivity index (χ3n) is 5.60. The summed E-state index contributed by atoms with van der Waals surface area (Å²) in [4.78, 5) is 2.78. The monoisotopic (exact) mass is 266 g/mol. The van der Waals surface area contributed by atoms with Crippen LogP contribution in [0.25, 0.3) is 0 Å². The third-order valence-corrected chi connectivity index (χ3v) is 5.60. The van der Waals surface area contributed by atoms with E-state index in [4.69, 9.17) is 4.74 Å². The van der Waals surface area contributed by atoms with Crippen molar-refractivity contribution in [1.82, 2.24) is 10.2 Å². The van der Waals surface area contributed by atoms with Gasteiger partial charge < -0.3 is 10.1 Å².